The van der Waals surface area contributed by atoms with Gasteiger partial charge in [0.2, 0.25) is 11.8 Å². The van der Waals surface area contributed by atoms with Crippen molar-refractivity contribution < 1.29 is 33.4 Å². The third-order valence-electron chi connectivity index (χ3n) is 14.9. The molecule has 0 bridgehead atoms. The van der Waals surface area contributed by atoms with Crippen molar-refractivity contribution in [2.75, 3.05) is 34.0 Å². The van der Waals surface area contributed by atoms with Crippen molar-refractivity contribution in [1.82, 2.24) is 40.4 Å². The quantitative estimate of drug-likeness (QED) is 0.0941. The number of fused-ring (bicyclic) bond motifs is 4. The van der Waals surface area contributed by atoms with Crippen molar-refractivity contribution in [3.63, 3.8) is 0 Å². The van der Waals surface area contributed by atoms with E-state index in [1.165, 1.54) is 20.6 Å². The minimum absolute atomic E-state index is 0.0397. The highest BCUT2D eigenvalue weighted by Gasteiger charge is 2.50. The standard InChI is InChI=1S/C51H64N8O7/c1-29(2)38(56-49(62)64-5)23-44(60)59-41-11-8-7-10-35(41)22-42(59)46-52-25-39(54-46)33-14-16-36-31(20-33)12-13-32-21-34(15-17-37(32)36)40-26-53-47(55-40)43-24-51(18-9-19-66-28-51)27-58(43)48(61)45(30(3)4)57-50(63)65-6/h12-17,20-21,25-26,29-30,35,38,41-43,45H,7-11,18-19,22-24,27-28H2,1-6H3,(H,52,54)(H,53,55)(H,56,62)(H,57,63)/t35-,38?,41-,42-,43-,45?,51-/m0/s1. The Labute approximate surface area is 386 Å². The van der Waals surface area contributed by atoms with Crippen molar-refractivity contribution in [3.8, 4) is 22.5 Å². The number of aromatic nitrogens is 4. The molecule has 0 radical (unpaired) electrons. The van der Waals surface area contributed by atoms with Crippen LogP contribution < -0.4 is 10.6 Å². The summed E-state index contributed by atoms with van der Waals surface area (Å²) >= 11 is 0. The summed E-state index contributed by atoms with van der Waals surface area (Å²) in [6.07, 6.45) is 10.7. The number of methoxy groups -OCH3 is 2. The second kappa shape index (κ2) is 18.7. The maximum Gasteiger partial charge on any atom is 0.407 e. The van der Waals surface area contributed by atoms with Crippen LogP contribution in [-0.2, 0) is 23.8 Å². The fourth-order valence-electron chi connectivity index (χ4n) is 11.3. The molecule has 9 rings (SSSR count). The van der Waals surface area contributed by atoms with Gasteiger partial charge in [-0.05, 0) is 90.0 Å². The molecule has 66 heavy (non-hydrogen) atoms. The number of hydrogen-bond donors (Lipinski definition) is 4. The molecule has 2 aromatic heterocycles. The summed E-state index contributed by atoms with van der Waals surface area (Å²) in [7, 11) is 2.65. The Balaban J connectivity index is 0.946. The first-order valence-electron chi connectivity index (χ1n) is 23.8. The number of carbonyl (C=O) groups excluding carboxylic acids is 4. The molecule has 3 aromatic carbocycles. The molecule has 4 N–H and O–H groups in total. The van der Waals surface area contributed by atoms with E-state index in [9.17, 15) is 19.2 Å². The van der Waals surface area contributed by atoms with Gasteiger partial charge >= 0.3 is 12.2 Å². The van der Waals surface area contributed by atoms with Gasteiger partial charge in [0.15, 0.2) is 0 Å². The topological polar surface area (TPSA) is 184 Å². The van der Waals surface area contributed by atoms with Crippen molar-refractivity contribution in [2.24, 2.45) is 23.2 Å². The van der Waals surface area contributed by atoms with Gasteiger partial charge in [0, 0.05) is 54.4 Å². The van der Waals surface area contributed by atoms with Gasteiger partial charge in [0.1, 0.15) is 17.7 Å². The zero-order chi connectivity index (χ0) is 46.3. The Morgan fingerprint density at radius 3 is 2.27 bits per heavy atom. The van der Waals surface area contributed by atoms with Crippen LogP contribution in [0.15, 0.2) is 60.9 Å². The van der Waals surface area contributed by atoms with E-state index < -0.39 is 18.2 Å². The molecule has 15 heteroatoms. The molecular formula is C51H64N8O7. The van der Waals surface area contributed by atoms with Crippen LogP contribution in [0, 0.1) is 23.2 Å². The van der Waals surface area contributed by atoms with Crippen LogP contribution in [0.1, 0.15) is 109 Å². The van der Waals surface area contributed by atoms with E-state index in [4.69, 9.17) is 24.2 Å². The second-order valence-corrected chi connectivity index (χ2v) is 19.8. The molecular weight excluding hydrogens is 837 g/mol. The van der Waals surface area contributed by atoms with Crippen molar-refractivity contribution in [3.05, 3.63) is 72.6 Å². The largest absolute Gasteiger partial charge is 0.453 e. The fraction of sp³-hybridized carbons (Fsp3) is 0.529. The molecule has 4 aliphatic rings. The first-order chi connectivity index (χ1) is 31.8. The lowest BCUT2D eigenvalue weighted by Gasteiger charge is -2.35. The molecule has 1 saturated carbocycles. The number of benzene rings is 3. The number of H-pyrrole nitrogens is 2. The molecule has 2 unspecified atom stereocenters. The number of rotatable bonds is 11. The number of ether oxygens (including phenoxy) is 3. The average molecular weight is 901 g/mol. The number of aromatic amines is 2. The maximum absolute atomic E-state index is 14.2. The van der Waals surface area contributed by atoms with E-state index >= 15 is 0 Å². The molecule has 3 saturated heterocycles. The van der Waals surface area contributed by atoms with Gasteiger partial charge < -0.3 is 44.6 Å². The van der Waals surface area contributed by atoms with Gasteiger partial charge in [-0.2, -0.15) is 0 Å². The third kappa shape index (κ3) is 8.85. The van der Waals surface area contributed by atoms with Crippen molar-refractivity contribution in [2.45, 2.75) is 116 Å². The highest BCUT2D eigenvalue weighted by Crippen LogP contribution is 2.49. The predicted molar refractivity (Wildman–Crippen MR) is 251 cm³/mol. The monoisotopic (exact) mass is 900 g/mol. The number of nitrogens with one attached hydrogen (secondary N) is 4. The smallest absolute Gasteiger partial charge is 0.407 e. The number of nitrogens with zero attached hydrogens (tertiary/aromatic N) is 4. The predicted octanol–water partition coefficient (Wildman–Crippen LogP) is 8.83. The second-order valence-electron chi connectivity index (χ2n) is 19.8. The molecule has 3 aliphatic heterocycles. The molecule has 4 amide bonds. The number of imidazole rings is 2. The Morgan fingerprint density at radius 1 is 0.864 bits per heavy atom. The van der Waals surface area contributed by atoms with Crippen LogP contribution in [-0.4, -0.2) is 106 Å². The van der Waals surface area contributed by atoms with Crippen LogP contribution >= 0.6 is 0 Å². The molecule has 350 valence electrons. The van der Waals surface area contributed by atoms with Crippen LogP contribution in [0.5, 0.6) is 0 Å². The summed E-state index contributed by atoms with van der Waals surface area (Å²) in [4.78, 5) is 73.9. The highest BCUT2D eigenvalue weighted by molar-refractivity contribution is 6.09. The van der Waals surface area contributed by atoms with Gasteiger partial charge in [-0.3, -0.25) is 9.59 Å². The lowest BCUT2D eigenvalue weighted by atomic mass is 9.80. The van der Waals surface area contributed by atoms with E-state index in [0.29, 0.717) is 24.9 Å². The molecule has 4 fully saturated rings. The molecule has 5 heterocycles. The molecule has 5 aromatic rings. The zero-order valence-electron chi connectivity index (χ0n) is 39.0. The minimum Gasteiger partial charge on any atom is -0.453 e. The molecule has 1 spiro atoms. The van der Waals surface area contributed by atoms with Crippen LogP contribution in [0.25, 0.3) is 44.1 Å². The van der Waals surface area contributed by atoms with Crippen molar-refractivity contribution >= 4 is 45.5 Å². The fourth-order valence-corrected chi connectivity index (χ4v) is 11.3. The van der Waals surface area contributed by atoms with Crippen LogP contribution in [0.3, 0.4) is 0 Å². The van der Waals surface area contributed by atoms with Crippen LogP contribution in [0.2, 0.25) is 0 Å². The number of alkyl carbamates (subject to hydrolysis) is 2. The summed E-state index contributed by atoms with van der Waals surface area (Å²) in [5, 5.41) is 10.1. The van der Waals surface area contributed by atoms with E-state index in [0.717, 1.165) is 101 Å². The Morgan fingerprint density at radius 2 is 1.58 bits per heavy atom. The van der Waals surface area contributed by atoms with Gasteiger partial charge in [0.25, 0.3) is 0 Å². The lowest BCUT2D eigenvalue weighted by Crippen LogP contribution is -2.51. The summed E-state index contributed by atoms with van der Waals surface area (Å²) in [5.74, 6) is 1.74. The summed E-state index contributed by atoms with van der Waals surface area (Å²) in [5.41, 5.74) is 3.48. The third-order valence-corrected chi connectivity index (χ3v) is 14.9. The average Bonchev–Trinajstić information content (AvgIpc) is 4.15. The maximum atomic E-state index is 14.2. The van der Waals surface area contributed by atoms with Gasteiger partial charge in [-0.25, -0.2) is 19.6 Å². The number of carbonyl (C=O) groups is 4. The summed E-state index contributed by atoms with van der Waals surface area (Å²) < 4.78 is 15.7. The Hall–Kier alpha value is -5.96. The Bertz CT molecular complexity index is 2600. The summed E-state index contributed by atoms with van der Waals surface area (Å²) in [6, 6.07) is 15.8. The SMILES string of the molecule is COC(=O)NC(CC(=O)N1[C@H](c2nc(-c3ccc4c(ccc5cc(-c6cnc([C@@H]7C[C@@]8(CCCOC8)CN7C(=O)C(NC(=O)OC)C(C)C)[nH]6)ccc54)c3)c[nH]2)C[C@@H]2CCCC[C@@H]21)C(C)C. The Kier molecular flexibility index (Phi) is 12.8. The van der Waals surface area contributed by atoms with E-state index in [1.807, 2.05) is 45.0 Å². The van der Waals surface area contributed by atoms with Gasteiger partial charge in [-0.15, -0.1) is 0 Å². The number of hydrogen-bond acceptors (Lipinski definition) is 9. The normalized spacial score (nSPS) is 23.9. The first-order valence-corrected chi connectivity index (χ1v) is 23.8. The van der Waals surface area contributed by atoms with E-state index in [1.54, 1.807) is 0 Å². The minimum atomic E-state index is -0.741. The van der Waals surface area contributed by atoms with E-state index in [-0.39, 0.29) is 59.7 Å². The lowest BCUT2D eigenvalue weighted by molar-refractivity contribution is -0.136. The summed E-state index contributed by atoms with van der Waals surface area (Å²) in [6.45, 7) is 9.70. The molecule has 15 nitrogen and oxygen atoms in total. The molecule has 1 aliphatic carbocycles. The first kappa shape index (κ1) is 45.2. The van der Waals surface area contributed by atoms with Gasteiger partial charge in [-0.1, -0.05) is 76.9 Å². The van der Waals surface area contributed by atoms with E-state index in [2.05, 4.69) is 74.0 Å². The van der Waals surface area contributed by atoms with Gasteiger partial charge in [0.05, 0.1) is 50.5 Å². The molecule has 7 atom stereocenters. The highest BCUT2D eigenvalue weighted by atomic mass is 16.5. The van der Waals surface area contributed by atoms with Crippen molar-refractivity contribution in [1.29, 1.82) is 0 Å². The zero-order valence-corrected chi connectivity index (χ0v) is 39.0. The van der Waals surface area contributed by atoms with Crippen LogP contribution in [0.4, 0.5) is 9.59 Å². The number of amides is 4. The number of likely N-dealkylation sites (tertiary alicyclic amines) is 2.